The van der Waals surface area contributed by atoms with Crippen LogP contribution in [0.3, 0.4) is 0 Å². The topological polar surface area (TPSA) is 274 Å². The fourth-order valence-electron chi connectivity index (χ4n) is 9.13. The Morgan fingerprint density at radius 2 is 1.07 bits per heavy atom. The first-order valence-corrected chi connectivity index (χ1v) is 18.3. The summed E-state index contributed by atoms with van der Waals surface area (Å²) in [7, 11) is 5.42. The molecule has 0 aromatic heterocycles. The number of benzene rings is 3. The van der Waals surface area contributed by atoms with Gasteiger partial charge in [-0.2, -0.15) is 0 Å². The summed E-state index contributed by atoms with van der Waals surface area (Å²) >= 11 is 3.37. The zero-order valence-corrected chi connectivity index (χ0v) is 32.4. The molecule has 22 heteroatoms. The monoisotopic (exact) mass is 862 g/mol. The molecule has 1 N–H and O–H groups in total. The summed E-state index contributed by atoms with van der Waals surface area (Å²) in [6, 6.07) is 7.98. The first-order chi connectivity index (χ1) is 27.3. The second-order valence-electron chi connectivity index (χ2n) is 14.7. The molecule has 300 valence electrons. The molecule has 3 aromatic rings. The van der Waals surface area contributed by atoms with Gasteiger partial charge in [-0.15, -0.1) is 0 Å². The van der Waals surface area contributed by atoms with Crippen LogP contribution < -0.4 is 19.6 Å². The number of nitro groups is 4. The normalized spacial score (nSPS) is 23.6. The number of phenolic OH excluding ortho intramolecular Hbond substituents is 1. The van der Waals surface area contributed by atoms with Crippen molar-refractivity contribution in [3.05, 3.63) is 105 Å². The van der Waals surface area contributed by atoms with Crippen LogP contribution in [0.4, 0.5) is 45.5 Å². The SMILES string of the molecule is CN(C)c1c([N+](=O)[O-])cc(N2C(=O)[C@H]3[C@H](CC=C4[C@H]3C[C@H]3C(=O)N(c5cc([N+](=O)[O-])c(N(C)C)c([N+](=O)[O-])c5)C(=O)[C@H]3[C@H]4c3cc(Br)ccc3O)C2=O)cc1[N+](=O)[O-]. The first kappa shape index (κ1) is 39.4. The number of fused-ring (bicyclic) bond motifs is 4. The van der Waals surface area contributed by atoms with E-state index in [4.69, 9.17) is 0 Å². The van der Waals surface area contributed by atoms with Gasteiger partial charge in [0.05, 0.1) is 54.7 Å². The van der Waals surface area contributed by atoms with Crippen molar-refractivity contribution in [3.63, 3.8) is 0 Å². The standard InChI is InChI=1S/C36H31BrN8O13/c1-38(2)31-23(42(51)52)10-16(11-24(31)43(53)54)40-33(47)19-7-6-18-20(29(19)35(40)49)14-22-30(28(18)21-9-15(37)5-8-27(21)46)36(50)41(34(22)48)17-12-25(44(55)56)32(39(3)4)26(13-17)45(57)58/h5-6,8-13,19-20,22,28-30,46H,7,14H2,1-4H3/t19-,20+,22+,28+,29-,30+/m0/s1. The lowest BCUT2D eigenvalue weighted by Crippen LogP contribution is -2.43. The number of nitrogens with zero attached hydrogens (tertiary/aromatic N) is 8. The molecule has 4 aliphatic rings. The number of hydrogen-bond acceptors (Lipinski definition) is 15. The van der Waals surface area contributed by atoms with E-state index in [0.717, 1.165) is 34.1 Å². The maximum atomic E-state index is 14.6. The Kier molecular flexibility index (Phi) is 9.49. The molecule has 7 rings (SSSR count). The molecule has 2 aliphatic carbocycles. The maximum Gasteiger partial charge on any atom is 0.301 e. The molecule has 6 atom stereocenters. The van der Waals surface area contributed by atoms with Gasteiger partial charge in [0.25, 0.3) is 0 Å². The Balaban J connectivity index is 1.37. The van der Waals surface area contributed by atoms with Crippen LogP contribution in [0.15, 0.2) is 58.6 Å². The van der Waals surface area contributed by atoms with Crippen molar-refractivity contribution in [2.75, 3.05) is 47.8 Å². The molecule has 3 aromatic carbocycles. The van der Waals surface area contributed by atoms with E-state index in [1.807, 2.05) is 0 Å². The number of amides is 4. The molecule has 0 radical (unpaired) electrons. The maximum absolute atomic E-state index is 14.6. The van der Waals surface area contributed by atoms with Gasteiger partial charge >= 0.3 is 22.7 Å². The Hall–Kier alpha value is -6.84. The molecule has 3 fully saturated rings. The summed E-state index contributed by atoms with van der Waals surface area (Å²) in [4.78, 5) is 107. The Morgan fingerprint density at radius 1 is 0.638 bits per heavy atom. The number of imide groups is 2. The lowest BCUT2D eigenvalue weighted by atomic mass is 9.57. The summed E-state index contributed by atoms with van der Waals surface area (Å²) < 4.78 is 0.468. The summed E-state index contributed by atoms with van der Waals surface area (Å²) in [6.07, 6.45) is 1.33. The zero-order valence-electron chi connectivity index (χ0n) is 30.8. The van der Waals surface area contributed by atoms with Crippen molar-refractivity contribution in [2.45, 2.75) is 18.8 Å². The quantitative estimate of drug-likeness (QED) is 0.129. The van der Waals surface area contributed by atoms with Crippen LogP contribution in [0, 0.1) is 70.0 Å². The Morgan fingerprint density at radius 3 is 1.50 bits per heavy atom. The molecule has 4 amide bonds. The number of hydrogen-bond donors (Lipinski definition) is 1. The van der Waals surface area contributed by atoms with Gasteiger partial charge in [-0.3, -0.25) is 59.6 Å². The number of aromatic hydroxyl groups is 1. The van der Waals surface area contributed by atoms with Gasteiger partial charge < -0.3 is 14.9 Å². The average molecular weight is 864 g/mol. The van der Waals surface area contributed by atoms with E-state index in [1.165, 1.54) is 46.4 Å². The first-order valence-electron chi connectivity index (χ1n) is 17.5. The van der Waals surface area contributed by atoms with Crippen LogP contribution in [-0.2, 0) is 19.2 Å². The third-order valence-electron chi connectivity index (χ3n) is 11.3. The van der Waals surface area contributed by atoms with Crippen LogP contribution in [0.2, 0.25) is 0 Å². The highest BCUT2D eigenvalue weighted by atomic mass is 79.9. The van der Waals surface area contributed by atoms with Crippen LogP contribution >= 0.6 is 15.9 Å². The van der Waals surface area contributed by atoms with E-state index in [1.54, 1.807) is 6.08 Å². The predicted octanol–water partition coefficient (Wildman–Crippen LogP) is 4.96. The Labute approximate surface area is 334 Å². The molecule has 2 saturated heterocycles. The van der Waals surface area contributed by atoms with Gasteiger partial charge in [-0.25, -0.2) is 9.80 Å². The molecular formula is C36H31BrN8O13. The van der Waals surface area contributed by atoms with E-state index >= 15 is 0 Å². The van der Waals surface area contributed by atoms with Gasteiger partial charge in [-0.05, 0) is 37.0 Å². The van der Waals surface area contributed by atoms with Gasteiger partial charge in [0.1, 0.15) is 5.75 Å². The van der Waals surface area contributed by atoms with Crippen molar-refractivity contribution in [1.82, 2.24) is 0 Å². The molecule has 21 nitrogen and oxygen atoms in total. The molecule has 1 saturated carbocycles. The predicted molar refractivity (Wildman–Crippen MR) is 206 cm³/mol. The molecule has 2 heterocycles. The van der Waals surface area contributed by atoms with Crippen molar-refractivity contribution in [3.8, 4) is 5.75 Å². The number of carbonyl (C=O) groups is 4. The molecule has 2 aliphatic heterocycles. The fourth-order valence-corrected chi connectivity index (χ4v) is 9.51. The van der Waals surface area contributed by atoms with E-state index in [-0.39, 0.29) is 35.5 Å². The lowest BCUT2D eigenvalue weighted by molar-refractivity contribution is -0.392. The average Bonchev–Trinajstić information content (AvgIpc) is 3.56. The number of phenols is 1. The third-order valence-corrected chi connectivity index (χ3v) is 11.8. The minimum atomic E-state index is -1.29. The second kappa shape index (κ2) is 14.0. The van der Waals surface area contributed by atoms with Gasteiger partial charge in [0, 0.05) is 68.4 Å². The van der Waals surface area contributed by atoms with Crippen molar-refractivity contribution in [2.24, 2.45) is 29.6 Å². The fraction of sp³-hybridized carbons (Fsp3) is 0.333. The molecule has 0 spiro atoms. The smallest absolute Gasteiger partial charge is 0.301 e. The Bertz CT molecular complexity index is 2400. The summed E-state index contributed by atoms with van der Waals surface area (Å²) in [5.74, 6) is -10.7. The molecule has 58 heavy (non-hydrogen) atoms. The van der Waals surface area contributed by atoms with Crippen LogP contribution in [0.5, 0.6) is 5.75 Å². The lowest BCUT2D eigenvalue weighted by Gasteiger charge is -2.44. The second-order valence-corrected chi connectivity index (χ2v) is 15.6. The number of carbonyl (C=O) groups excluding carboxylic acids is 4. The number of anilines is 4. The van der Waals surface area contributed by atoms with Gasteiger partial charge in [0.2, 0.25) is 23.6 Å². The summed E-state index contributed by atoms with van der Waals surface area (Å²) in [6.45, 7) is 0. The van der Waals surface area contributed by atoms with Crippen LogP contribution in [0.25, 0.3) is 0 Å². The van der Waals surface area contributed by atoms with Crippen LogP contribution in [0.1, 0.15) is 24.3 Å². The molecule has 0 bridgehead atoms. The number of allylic oxidation sites excluding steroid dienone is 2. The molecule has 0 unspecified atom stereocenters. The minimum Gasteiger partial charge on any atom is -0.508 e. The van der Waals surface area contributed by atoms with E-state index in [9.17, 15) is 64.7 Å². The zero-order chi connectivity index (χ0) is 42.4. The van der Waals surface area contributed by atoms with Crippen molar-refractivity contribution < 1.29 is 44.0 Å². The molecular weight excluding hydrogens is 832 g/mol. The van der Waals surface area contributed by atoms with E-state index in [2.05, 4.69) is 15.9 Å². The number of nitro benzene ring substituents is 4. The van der Waals surface area contributed by atoms with Crippen molar-refractivity contribution >= 4 is 85.1 Å². The highest BCUT2D eigenvalue weighted by Gasteiger charge is 2.63. The highest BCUT2D eigenvalue weighted by molar-refractivity contribution is 9.10. The highest BCUT2D eigenvalue weighted by Crippen LogP contribution is 2.60. The largest absolute Gasteiger partial charge is 0.508 e. The minimum absolute atomic E-state index is 0.0869. The number of halogens is 1. The van der Waals surface area contributed by atoms with Gasteiger partial charge in [0.15, 0.2) is 11.4 Å². The van der Waals surface area contributed by atoms with Crippen molar-refractivity contribution in [1.29, 1.82) is 0 Å². The van der Waals surface area contributed by atoms with E-state index < -0.39 is 113 Å². The van der Waals surface area contributed by atoms with E-state index in [0.29, 0.717) is 19.8 Å². The van der Waals surface area contributed by atoms with Crippen LogP contribution in [-0.4, -0.2) is 76.6 Å². The van der Waals surface area contributed by atoms with Gasteiger partial charge in [-0.1, -0.05) is 27.6 Å². The summed E-state index contributed by atoms with van der Waals surface area (Å²) in [5, 5.41) is 59.9. The third kappa shape index (κ3) is 5.89. The summed E-state index contributed by atoms with van der Waals surface area (Å²) in [5.41, 5.74) is -3.98. The number of rotatable bonds is 9.